The third kappa shape index (κ3) is 12.3. The average Bonchev–Trinajstić information content (AvgIpc) is 3.25. The number of thioether (sulfide) groups is 1. The second kappa shape index (κ2) is 20.5. The Kier molecular flexibility index (Phi) is 15.5. The van der Waals surface area contributed by atoms with Crippen LogP contribution in [-0.2, 0) is 25.7 Å². The molecular formula is C44H49ClF3N5O6S2. The van der Waals surface area contributed by atoms with E-state index in [4.69, 9.17) is 21.1 Å². The van der Waals surface area contributed by atoms with Crippen molar-refractivity contribution in [2.75, 3.05) is 89.7 Å². The smallest absolute Gasteiger partial charge is 0.418 e. The van der Waals surface area contributed by atoms with Crippen LogP contribution in [0.4, 0.5) is 24.5 Å². The molecular weight excluding hydrogens is 851 g/mol. The van der Waals surface area contributed by atoms with E-state index in [1.807, 2.05) is 78.3 Å². The van der Waals surface area contributed by atoms with E-state index < -0.39 is 55.8 Å². The first-order valence-electron chi connectivity index (χ1n) is 19.7. The molecule has 0 aliphatic carbocycles. The summed E-state index contributed by atoms with van der Waals surface area (Å²) in [5.41, 5.74) is 1.84. The van der Waals surface area contributed by atoms with E-state index >= 15 is 0 Å². The van der Waals surface area contributed by atoms with Crippen molar-refractivity contribution in [1.29, 1.82) is 0 Å². The zero-order valence-electron chi connectivity index (χ0n) is 34.1. The number of halogens is 4. The van der Waals surface area contributed by atoms with Crippen LogP contribution in [0.1, 0.15) is 44.7 Å². The van der Waals surface area contributed by atoms with Gasteiger partial charge in [-0.3, -0.25) is 9.69 Å². The molecule has 2 heterocycles. The first kappa shape index (κ1) is 45.9. The SMILES string of the molecule is COC(=O)c1cc(S(=O)(=O)NC(=O)c2ccc(N3CCN(CC4=C(c5ccc(Cl)cc5)CCOC4)CC3)cc2)cc(C(F)(F)F)c1N[C@H](CCN(C)C)CSc1ccccc1. The molecule has 4 aromatic rings. The second-order valence-electron chi connectivity index (χ2n) is 15.1. The van der Waals surface area contributed by atoms with Crippen LogP contribution in [0.5, 0.6) is 0 Å². The summed E-state index contributed by atoms with van der Waals surface area (Å²) < 4.78 is 84.2. The molecule has 0 aromatic heterocycles. The number of nitrogens with zero attached hydrogens (tertiary/aromatic N) is 3. The fourth-order valence-electron chi connectivity index (χ4n) is 7.22. The Balaban J connectivity index is 1.15. The summed E-state index contributed by atoms with van der Waals surface area (Å²) in [6.07, 6.45) is -3.86. The van der Waals surface area contributed by atoms with Gasteiger partial charge >= 0.3 is 12.1 Å². The molecule has 0 spiro atoms. The van der Waals surface area contributed by atoms with Crippen molar-refractivity contribution < 1.29 is 40.7 Å². The van der Waals surface area contributed by atoms with Crippen LogP contribution in [0.2, 0.25) is 5.02 Å². The number of methoxy groups -OCH3 is 1. The van der Waals surface area contributed by atoms with Crippen molar-refractivity contribution in [3.63, 3.8) is 0 Å². The van der Waals surface area contributed by atoms with Gasteiger partial charge in [0, 0.05) is 65.7 Å². The van der Waals surface area contributed by atoms with E-state index in [1.54, 1.807) is 12.1 Å². The van der Waals surface area contributed by atoms with Gasteiger partial charge in [-0.2, -0.15) is 13.2 Å². The molecule has 11 nitrogen and oxygen atoms in total. The number of nitrogens with one attached hydrogen (secondary N) is 2. The van der Waals surface area contributed by atoms with Crippen molar-refractivity contribution >= 4 is 62.2 Å². The maximum absolute atomic E-state index is 14.8. The molecule has 0 saturated carbocycles. The molecule has 1 atom stereocenters. The summed E-state index contributed by atoms with van der Waals surface area (Å²) in [7, 11) is -0.266. The van der Waals surface area contributed by atoms with Crippen LogP contribution in [0.3, 0.4) is 0 Å². The van der Waals surface area contributed by atoms with Crippen molar-refractivity contribution in [1.82, 2.24) is 14.5 Å². The monoisotopic (exact) mass is 899 g/mol. The number of rotatable bonds is 16. The predicted molar refractivity (Wildman–Crippen MR) is 234 cm³/mol. The minimum Gasteiger partial charge on any atom is -0.465 e. The minimum atomic E-state index is -5.09. The summed E-state index contributed by atoms with van der Waals surface area (Å²) in [5.74, 6) is -1.90. The maximum Gasteiger partial charge on any atom is 0.418 e. The Labute approximate surface area is 364 Å². The molecule has 0 radical (unpaired) electrons. The van der Waals surface area contributed by atoms with Gasteiger partial charge in [0.25, 0.3) is 15.9 Å². The number of carbonyl (C=O) groups excluding carboxylic acids is 2. The molecule has 2 aliphatic rings. The first-order chi connectivity index (χ1) is 29.1. The lowest BCUT2D eigenvalue weighted by molar-refractivity contribution is -0.137. The normalized spacial score (nSPS) is 15.8. The fourth-order valence-corrected chi connectivity index (χ4v) is 9.37. The molecule has 2 aliphatic heterocycles. The number of carbonyl (C=O) groups is 2. The van der Waals surface area contributed by atoms with Crippen LogP contribution in [0.15, 0.2) is 106 Å². The summed E-state index contributed by atoms with van der Waals surface area (Å²) >= 11 is 7.54. The van der Waals surface area contributed by atoms with Crippen LogP contribution < -0.4 is 14.9 Å². The molecule has 2 N–H and O–H groups in total. The van der Waals surface area contributed by atoms with E-state index in [0.29, 0.717) is 56.1 Å². The molecule has 1 amide bonds. The lowest BCUT2D eigenvalue weighted by Crippen LogP contribution is -2.47. The quantitative estimate of drug-likeness (QED) is 0.0848. The minimum absolute atomic E-state index is 0.0212. The second-order valence-corrected chi connectivity index (χ2v) is 18.3. The summed E-state index contributed by atoms with van der Waals surface area (Å²) in [6.45, 7) is 5.51. The highest BCUT2D eigenvalue weighted by molar-refractivity contribution is 7.99. The van der Waals surface area contributed by atoms with Gasteiger partial charge in [-0.05, 0) is 111 Å². The molecule has 326 valence electrons. The largest absolute Gasteiger partial charge is 0.465 e. The molecule has 6 rings (SSSR count). The molecule has 1 fully saturated rings. The summed E-state index contributed by atoms with van der Waals surface area (Å²) in [6, 6.07) is 24.2. The van der Waals surface area contributed by atoms with Crippen molar-refractivity contribution in [2.45, 2.75) is 34.9 Å². The van der Waals surface area contributed by atoms with Gasteiger partial charge in [0.05, 0.1) is 42.0 Å². The van der Waals surface area contributed by atoms with Gasteiger partial charge < -0.3 is 24.6 Å². The number of esters is 1. The number of hydrogen-bond donors (Lipinski definition) is 2. The average molecular weight is 900 g/mol. The lowest BCUT2D eigenvalue weighted by atomic mass is 9.95. The fraction of sp³-hybridized carbons (Fsp3) is 0.364. The first-order valence-corrected chi connectivity index (χ1v) is 22.6. The molecule has 0 bridgehead atoms. The number of benzene rings is 4. The number of anilines is 2. The van der Waals surface area contributed by atoms with E-state index in [0.717, 1.165) is 55.4 Å². The van der Waals surface area contributed by atoms with E-state index in [2.05, 4.69) is 15.1 Å². The molecule has 61 heavy (non-hydrogen) atoms. The Hall–Kier alpha value is -4.58. The highest BCUT2D eigenvalue weighted by atomic mass is 35.5. The van der Waals surface area contributed by atoms with Crippen molar-refractivity contribution in [2.24, 2.45) is 0 Å². The van der Waals surface area contributed by atoms with Gasteiger partial charge in [-0.1, -0.05) is 41.9 Å². The topological polar surface area (TPSA) is 121 Å². The highest BCUT2D eigenvalue weighted by Gasteiger charge is 2.39. The van der Waals surface area contributed by atoms with E-state index in [1.165, 1.54) is 35.0 Å². The zero-order chi connectivity index (χ0) is 43.7. The Morgan fingerprint density at radius 1 is 0.967 bits per heavy atom. The summed E-state index contributed by atoms with van der Waals surface area (Å²) in [5, 5.41) is 3.59. The molecule has 4 aromatic carbocycles. The molecule has 1 saturated heterocycles. The standard InChI is InChI=1S/C44H49ClF3N5O6S2/c1-51(2)19-17-34(29-60-36-7-5-4-6-8-36)49-41-39(43(55)58-3)25-37(26-40(41)44(46,47)48)61(56,57)50-42(54)31-11-15-35(16-12-31)53-22-20-52(21-23-53)27-32-28-59-24-18-38(32)30-9-13-33(45)14-10-30/h4-16,25-26,34,49H,17-24,27-29H2,1-3H3,(H,50,54)/t34-/m1/s1. The van der Waals surface area contributed by atoms with Crippen molar-refractivity contribution in [3.8, 4) is 0 Å². The van der Waals surface area contributed by atoms with Crippen LogP contribution in [0, 0.1) is 0 Å². The van der Waals surface area contributed by atoms with Crippen LogP contribution in [-0.4, -0.2) is 116 Å². The van der Waals surface area contributed by atoms with Gasteiger partial charge in [-0.25, -0.2) is 17.9 Å². The Morgan fingerprint density at radius 2 is 1.66 bits per heavy atom. The molecule has 0 unspecified atom stereocenters. The lowest BCUT2D eigenvalue weighted by Gasteiger charge is -2.37. The summed E-state index contributed by atoms with van der Waals surface area (Å²) in [4.78, 5) is 32.8. The van der Waals surface area contributed by atoms with Gasteiger partial charge in [0.15, 0.2) is 0 Å². The Bertz CT molecular complexity index is 2290. The third-order valence-electron chi connectivity index (χ3n) is 10.5. The zero-order valence-corrected chi connectivity index (χ0v) is 36.5. The Morgan fingerprint density at radius 3 is 2.30 bits per heavy atom. The van der Waals surface area contributed by atoms with Gasteiger partial charge in [0.1, 0.15) is 0 Å². The molecule has 17 heteroatoms. The number of piperazine rings is 1. The highest BCUT2D eigenvalue weighted by Crippen LogP contribution is 2.40. The van der Waals surface area contributed by atoms with Crippen molar-refractivity contribution in [3.05, 3.63) is 124 Å². The van der Waals surface area contributed by atoms with Gasteiger partial charge in [0.2, 0.25) is 0 Å². The van der Waals surface area contributed by atoms with Gasteiger partial charge in [-0.15, -0.1) is 11.8 Å². The maximum atomic E-state index is 14.8. The predicted octanol–water partition coefficient (Wildman–Crippen LogP) is 7.78. The van der Waals surface area contributed by atoms with Crippen LogP contribution in [0.25, 0.3) is 5.57 Å². The number of sulfonamides is 1. The number of amides is 1. The van der Waals surface area contributed by atoms with E-state index in [9.17, 15) is 31.2 Å². The number of alkyl halides is 3. The van der Waals surface area contributed by atoms with Crippen LogP contribution >= 0.6 is 23.4 Å². The number of ether oxygens (including phenoxy) is 2. The third-order valence-corrected chi connectivity index (χ3v) is 13.2. The number of hydrogen-bond acceptors (Lipinski definition) is 11. The van der Waals surface area contributed by atoms with E-state index in [-0.39, 0.29) is 5.56 Å².